The van der Waals surface area contributed by atoms with Crippen molar-refractivity contribution in [3.63, 3.8) is 0 Å². The van der Waals surface area contributed by atoms with Crippen LogP contribution in [-0.4, -0.2) is 55.8 Å². The molecule has 8 heteroatoms. The molecule has 0 aromatic heterocycles. The molecule has 0 amide bonds. The summed E-state index contributed by atoms with van der Waals surface area (Å²) in [7, 11) is 0. The number of ether oxygens (including phenoxy) is 2. The van der Waals surface area contributed by atoms with Gasteiger partial charge in [0.15, 0.2) is 17.5 Å². The van der Waals surface area contributed by atoms with Crippen LogP contribution in [0.25, 0.3) is 0 Å². The van der Waals surface area contributed by atoms with Crippen LogP contribution in [0, 0.1) is 0 Å². The predicted molar refractivity (Wildman–Crippen MR) is 112 cm³/mol. The highest BCUT2D eigenvalue weighted by atomic mass is 19.3. The molecule has 1 aromatic carbocycles. The summed E-state index contributed by atoms with van der Waals surface area (Å²) in [6.07, 6.45) is 2.16. The number of benzene rings is 1. The maximum atomic E-state index is 12.6. The summed E-state index contributed by atoms with van der Waals surface area (Å²) in [5.41, 5.74) is 0.863. The molecule has 2 rings (SSSR count). The minimum Gasteiger partial charge on any atom is -0.490 e. The third kappa shape index (κ3) is 7.68. The number of hydrogen-bond acceptors (Lipinski definition) is 4. The van der Waals surface area contributed by atoms with Gasteiger partial charge in [-0.3, -0.25) is 0 Å². The molecule has 1 aliphatic heterocycles. The second-order valence-electron chi connectivity index (χ2n) is 7.34. The predicted octanol–water partition coefficient (Wildman–Crippen LogP) is 3.61. The molecule has 0 bridgehead atoms. The van der Waals surface area contributed by atoms with Gasteiger partial charge >= 0.3 is 6.61 Å². The van der Waals surface area contributed by atoms with Crippen molar-refractivity contribution in [1.82, 2.24) is 15.5 Å². The molecule has 29 heavy (non-hydrogen) atoms. The Hall–Kier alpha value is -2.09. The molecule has 1 fully saturated rings. The fourth-order valence-electron chi connectivity index (χ4n) is 3.36. The number of guanidine groups is 1. The molecule has 1 aliphatic rings. The lowest BCUT2D eigenvalue weighted by atomic mass is 10.0. The third-order valence-electron chi connectivity index (χ3n) is 4.89. The Bertz CT molecular complexity index is 648. The maximum Gasteiger partial charge on any atom is 0.387 e. The Morgan fingerprint density at radius 1 is 1.21 bits per heavy atom. The van der Waals surface area contributed by atoms with E-state index in [0.29, 0.717) is 31.0 Å². The van der Waals surface area contributed by atoms with Crippen molar-refractivity contribution in [3.8, 4) is 11.5 Å². The molecule has 1 aromatic rings. The zero-order valence-corrected chi connectivity index (χ0v) is 17.9. The van der Waals surface area contributed by atoms with E-state index in [0.717, 1.165) is 44.0 Å². The van der Waals surface area contributed by atoms with Gasteiger partial charge in [0.1, 0.15) is 0 Å². The molecule has 0 atom stereocenters. The van der Waals surface area contributed by atoms with Crippen LogP contribution in [0.5, 0.6) is 11.5 Å². The monoisotopic (exact) mass is 412 g/mol. The van der Waals surface area contributed by atoms with E-state index in [9.17, 15) is 8.78 Å². The number of hydrogen-bond donors (Lipinski definition) is 2. The van der Waals surface area contributed by atoms with E-state index in [1.54, 1.807) is 19.1 Å². The number of rotatable bonds is 9. The first-order valence-corrected chi connectivity index (χ1v) is 10.4. The number of nitrogens with one attached hydrogen (secondary N) is 2. The lowest BCUT2D eigenvalue weighted by molar-refractivity contribution is -0.0514. The second kappa shape index (κ2) is 11.8. The number of halogens is 2. The lowest BCUT2D eigenvalue weighted by Crippen LogP contribution is -2.49. The Balaban J connectivity index is 2.01. The van der Waals surface area contributed by atoms with E-state index in [-0.39, 0.29) is 5.75 Å². The van der Waals surface area contributed by atoms with Gasteiger partial charge in [-0.1, -0.05) is 6.07 Å². The molecule has 164 valence electrons. The summed E-state index contributed by atoms with van der Waals surface area (Å²) < 4.78 is 35.1. The molecular formula is C21H34F2N4O2. The topological polar surface area (TPSA) is 58.1 Å². The van der Waals surface area contributed by atoms with Gasteiger partial charge in [0.2, 0.25) is 0 Å². The minimum absolute atomic E-state index is 0.0384. The Morgan fingerprint density at radius 2 is 1.93 bits per heavy atom. The molecule has 1 heterocycles. The third-order valence-corrected chi connectivity index (χ3v) is 4.89. The Labute approximate surface area is 172 Å². The van der Waals surface area contributed by atoms with Crippen molar-refractivity contribution in [2.24, 2.45) is 4.99 Å². The van der Waals surface area contributed by atoms with E-state index in [2.05, 4.69) is 39.1 Å². The summed E-state index contributed by atoms with van der Waals surface area (Å²) >= 11 is 0. The average Bonchev–Trinajstić information content (AvgIpc) is 2.68. The zero-order chi connectivity index (χ0) is 21.2. The second-order valence-corrected chi connectivity index (χ2v) is 7.34. The van der Waals surface area contributed by atoms with Gasteiger partial charge in [-0.25, -0.2) is 4.99 Å². The zero-order valence-electron chi connectivity index (χ0n) is 17.9. The number of piperidine rings is 1. The molecule has 0 radical (unpaired) electrons. The number of likely N-dealkylation sites (tertiary alicyclic amines) is 1. The van der Waals surface area contributed by atoms with E-state index in [1.807, 2.05) is 6.92 Å². The molecule has 1 saturated heterocycles. The molecule has 0 spiro atoms. The summed E-state index contributed by atoms with van der Waals surface area (Å²) in [6, 6.07) is 5.91. The van der Waals surface area contributed by atoms with E-state index < -0.39 is 6.61 Å². The smallest absolute Gasteiger partial charge is 0.387 e. The van der Waals surface area contributed by atoms with Gasteiger partial charge in [-0.15, -0.1) is 0 Å². The molecule has 2 N–H and O–H groups in total. The number of nitrogens with zero attached hydrogens (tertiary/aromatic N) is 2. The summed E-state index contributed by atoms with van der Waals surface area (Å²) in [5.74, 6) is 1.11. The van der Waals surface area contributed by atoms with Gasteiger partial charge < -0.3 is 25.0 Å². The highest BCUT2D eigenvalue weighted by Gasteiger charge is 2.21. The van der Waals surface area contributed by atoms with E-state index >= 15 is 0 Å². The van der Waals surface area contributed by atoms with Crippen LogP contribution < -0.4 is 20.1 Å². The maximum absolute atomic E-state index is 12.6. The van der Waals surface area contributed by atoms with Crippen LogP contribution in [0.1, 0.15) is 46.1 Å². The van der Waals surface area contributed by atoms with Gasteiger partial charge in [-0.05, 0) is 58.2 Å². The van der Waals surface area contributed by atoms with E-state index in [4.69, 9.17) is 4.74 Å². The molecule has 0 saturated carbocycles. The van der Waals surface area contributed by atoms with E-state index in [1.165, 1.54) is 6.07 Å². The summed E-state index contributed by atoms with van der Waals surface area (Å²) in [6.45, 7) is 9.11. The minimum atomic E-state index is -2.88. The molecular weight excluding hydrogens is 378 g/mol. The number of alkyl halides is 2. The fourth-order valence-corrected chi connectivity index (χ4v) is 3.36. The van der Waals surface area contributed by atoms with Gasteiger partial charge in [0, 0.05) is 31.7 Å². The van der Waals surface area contributed by atoms with Gasteiger partial charge in [0.25, 0.3) is 0 Å². The first kappa shape index (κ1) is 23.2. The average molecular weight is 413 g/mol. The highest BCUT2D eigenvalue weighted by molar-refractivity contribution is 5.80. The van der Waals surface area contributed by atoms with Crippen molar-refractivity contribution < 1.29 is 18.3 Å². The van der Waals surface area contributed by atoms with Gasteiger partial charge in [0.05, 0.1) is 13.2 Å². The summed E-state index contributed by atoms with van der Waals surface area (Å²) in [4.78, 5) is 7.15. The van der Waals surface area contributed by atoms with Crippen molar-refractivity contribution in [1.29, 1.82) is 0 Å². The van der Waals surface area contributed by atoms with Crippen LogP contribution >= 0.6 is 0 Å². The first-order valence-electron chi connectivity index (χ1n) is 10.4. The fraction of sp³-hybridized carbons (Fsp3) is 0.667. The largest absolute Gasteiger partial charge is 0.490 e. The van der Waals surface area contributed by atoms with Crippen LogP contribution in [0.4, 0.5) is 8.78 Å². The van der Waals surface area contributed by atoms with Gasteiger partial charge in [-0.2, -0.15) is 8.78 Å². The molecule has 0 aliphatic carbocycles. The highest BCUT2D eigenvalue weighted by Crippen LogP contribution is 2.30. The standard InChI is InChI=1S/C21H34F2N4O2/c1-5-24-21(26-17-9-11-27(12-10-17)15(3)4)25-14-16-7-8-18(29-20(22)23)19(13-16)28-6-2/h7-8,13,15,17,20H,5-6,9-12,14H2,1-4H3,(H2,24,25,26). The first-order chi connectivity index (χ1) is 13.9. The Kier molecular flexibility index (Phi) is 9.44. The van der Waals surface area contributed by atoms with Crippen molar-refractivity contribution in [2.75, 3.05) is 26.2 Å². The number of aliphatic imine (C=N–C) groups is 1. The lowest BCUT2D eigenvalue weighted by Gasteiger charge is -2.35. The quantitative estimate of drug-likeness (QED) is 0.479. The van der Waals surface area contributed by atoms with Crippen LogP contribution in [-0.2, 0) is 6.54 Å². The van der Waals surface area contributed by atoms with Crippen LogP contribution in [0.3, 0.4) is 0 Å². The van der Waals surface area contributed by atoms with Crippen molar-refractivity contribution in [3.05, 3.63) is 23.8 Å². The SMILES string of the molecule is CCNC(=NCc1ccc(OC(F)F)c(OCC)c1)NC1CCN(C(C)C)CC1. The molecule has 6 nitrogen and oxygen atoms in total. The summed E-state index contributed by atoms with van der Waals surface area (Å²) in [5, 5.41) is 6.80. The normalized spacial score (nSPS) is 16.3. The van der Waals surface area contributed by atoms with Crippen LogP contribution in [0.15, 0.2) is 23.2 Å². The van der Waals surface area contributed by atoms with Crippen molar-refractivity contribution in [2.45, 2.75) is 65.8 Å². The van der Waals surface area contributed by atoms with Crippen LogP contribution in [0.2, 0.25) is 0 Å². The van der Waals surface area contributed by atoms with Crippen molar-refractivity contribution >= 4 is 5.96 Å². The molecule has 0 unspecified atom stereocenters. The Morgan fingerprint density at radius 3 is 2.52 bits per heavy atom.